The maximum absolute atomic E-state index is 11.3. The molecule has 1 atom stereocenters. The van der Waals surface area contributed by atoms with Gasteiger partial charge in [0.1, 0.15) is 9.84 Å². The minimum Gasteiger partial charge on any atom is -0.353 e. The number of nitrogens with one attached hydrogen (secondary N) is 1. The van der Waals surface area contributed by atoms with Gasteiger partial charge in [0.05, 0.1) is 11.5 Å². The zero-order chi connectivity index (χ0) is 11.5. The topological polar surface area (TPSA) is 89.3 Å². The van der Waals surface area contributed by atoms with E-state index >= 15 is 0 Å². The van der Waals surface area contributed by atoms with E-state index in [1.165, 1.54) is 0 Å². The van der Waals surface area contributed by atoms with E-state index in [2.05, 4.69) is 5.32 Å². The Kier molecular flexibility index (Phi) is 4.10. The molecule has 1 heterocycles. The molecule has 1 amide bonds. The van der Waals surface area contributed by atoms with Gasteiger partial charge in [0.25, 0.3) is 0 Å². The molecule has 0 saturated carbocycles. The fourth-order valence-corrected chi connectivity index (χ4v) is 3.10. The number of hydrogen-bond acceptors (Lipinski definition) is 4. The Morgan fingerprint density at radius 3 is 2.47 bits per heavy atom. The zero-order valence-corrected chi connectivity index (χ0v) is 9.72. The van der Waals surface area contributed by atoms with E-state index in [1.54, 1.807) is 6.92 Å². The molecule has 0 aromatic heterocycles. The molecule has 0 aromatic carbocycles. The number of amides is 1. The Bertz CT molecular complexity index is 310. The van der Waals surface area contributed by atoms with Crippen molar-refractivity contribution in [2.75, 3.05) is 11.5 Å². The SMILES string of the molecule is CC(N)CC(=O)NC1CCS(=O)(=O)CC1. The summed E-state index contributed by atoms with van der Waals surface area (Å²) in [5.74, 6) is 0.265. The summed E-state index contributed by atoms with van der Waals surface area (Å²) in [6.45, 7) is 1.77. The molecule has 5 nitrogen and oxygen atoms in total. The molecule has 1 rings (SSSR count). The van der Waals surface area contributed by atoms with E-state index < -0.39 is 9.84 Å². The molecular weight excluding hydrogens is 216 g/mol. The van der Waals surface area contributed by atoms with E-state index in [0.717, 1.165) is 0 Å². The van der Waals surface area contributed by atoms with Crippen LogP contribution in [0.4, 0.5) is 0 Å². The van der Waals surface area contributed by atoms with Gasteiger partial charge in [-0.2, -0.15) is 0 Å². The zero-order valence-electron chi connectivity index (χ0n) is 8.90. The number of nitrogens with two attached hydrogens (primary N) is 1. The Balaban J connectivity index is 2.33. The van der Waals surface area contributed by atoms with Crippen LogP contribution in [-0.2, 0) is 14.6 Å². The second-order valence-electron chi connectivity index (χ2n) is 4.18. The molecule has 0 aromatic rings. The molecule has 0 aliphatic carbocycles. The van der Waals surface area contributed by atoms with Crippen molar-refractivity contribution in [1.82, 2.24) is 5.32 Å². The van der Waals surface area contributed by atoms with Gasteiger partial charge >= 0.3 is 0 Å². The first-order valence-corrected chi connectivity index (χ1v) is 6.96. The van der Waals surface area contributed by atoms with Gasteiger partial charge in [-0.25, -0.2) is 8.42 Å². The van der Waals surface area contributed by atoms with Gasteiger partial charge in [-0.15, -0.1) is 0 Å². The first-order chi connectivity index (χ1) is 6.89. The van der Waals surface area contributed by atoms with E-state index in [1.807, 2.05) is 0 Å². The number of carbonyl (C=O) groups excluding carboxylic acids is 1. The van der Waals surface area contributed by atoms with E-state index in [0.29, 0.717) is 19.3 Å². The standard InChI is InChI=1S/C9H18N2O3S/c1-7(10)6-9(12)11-8-2-4-15(13,14)5-3-8/h7-8H,2-6,10H2,1H3,(H,11,12). The molecule has 3 N–H and O–H groups in total. The van der Waals surface area contributed by atoms with Crippen molar-refractivity contribution in [3.05, 3.63) is 0 Å². The van der Waals surface area contributed by atoms with E-state index in [4.69, 9.17) is 5.73 Å². The summed E-state index contributed by atoms with van der Waals surface area (Å²) in [6.07, 6.45) is 1.34. The minimum atomic E-state index is -2.85. The third-order valence-corrected chi connectivity index (χ3v) is 4.14. The van der Waals surface area contributed by atoms with E-state index in [9.17, 15) is 13.2 Å². The molecule has 1 unspecified atom stereocenters. The van der Waals surface area contributed by atoms with Crippen LogP contribution in [0.25, 0.3) is 0 Å². The lowest BCUT2D eigenvalue weighted by Crippen LogP contribution is -2.42. The summed E-state index contributed by atoms with van der Waals surface area (Å²) in [6, 6.07) is -0.155. The second-order valence-corrected chi connectivity index (χ2v) is 6.48. The van der Waals surface area contributed by atoms with Gasteiger partial charge in [-0.3, -0.25) is 4.79 Å². The maximum atomic E-state index is 11.3. The smallest absolute Gasteiger partial charge is 0.221 e. The van der Waals surface area contributed by atoms with Gasteiger partial charge in [0.2, 0.25) is 5.91 Å². The summed E-state index contributed by atoms with van der Waals surface area (Å²) in [7, 11) is -2.85. The number of hydrogen-bond donors (Lipinski definition) is 2. The van der Waals surface area contributed by atoms with E-state index in [-0.39, 0.29) is 29.5 Å². The fraction of sp³-hybridized carbons (Fsp3) is 0.889. The molecule has 15 heavy (non-hydrogen) atoms. The van der Waals surface area contributed by atoms with Crippen LogP contribution in [-0.4, -0.2) is 37.9 Å². The fourth-order valence-electron chi connectivity index (χ4n) is 1.61. The van der Waals surface area contributed by atoms with Gasteiger partial charge in [0, 0.05) is 18.5 Å². The molecule has 1 fully saturated rings. The summed E-state index contributed by atoms with van der Waals surface area (Å²) in [5, 5.41) is 2.80. The second kappa shape index (κ2) is 4.94. The summed E-state index contributed by atoms with van der Waals surface area (Å²) in [4.78, 5) is 11.3. The van der Waals surface area contributed by atoms with Crippen LogP contribution in [0.2, 0.25) is 0 Å². The predicted octanol–water partition coefficient (Wildman–Crippen LogP) is -0.583. The molecule has 6 heteroatoms. The van der Waals surface area contributed by atoms with Crippen LogP contribution < -0.4 is 11.1 Å². The lowest BCUT2D eigenvalue weighted by molar-refractivity contribution is -0.122. The van der Waals surface area contributed by atoms with Crippen LogP contribution in [0.1, 0.15) is 26.2 Å². The molecule has 1 saturated heterocycles. The Morgan fingerprint density at radius 1 is 1.47 bits per heavy atom. The van der Waals surface area contributed by atoms with Crippen LogP contribution in [0.15, 0.2) is 0 Å². The Labute approximate surface area is 90.3 Å². The van der Waals surface area contributed by atoms with Gasteiger partial charge in [-0.1, -0.05) is 0 Å². The highest BCUT2D eigenvalue weighted by Gasteiger charge is 2.24. The predicted molar refractivity (Wildman–Crippen MR) is 58.1 cm³/mol. The van der Waals surface area contributed by atoms with Crippen LogP contribution in [0.5, 0.6) is 0 Å². The van der Waals surface area contributed by atoms with Gasteiger partial charge in [0.15, 0.2) is 0 Å². The Hall–Kier alpha value is -0.620. The first-order valence-electron chi connectivity index (χ1n) is 5.14. The highest BCUT2D eigenvalue weighted by molar-refractivity contribution is 7.91. The molecule has 0 spiro atoms. The first kappa shape index (κ1) is 12.4. The van der Waals surface area contributed by atoms with Gasteiger partial charge in [-0.05, 0) is 19.8 Å². The molecule has 0 radical (unpaired) electrons. The highest BCUT2D eigenvalue weighted by atomic mass is 32.2. The average molecular weight is 234 g/mol. The summed E-state index contributed by atoms with van der Waals surface area (Å²) >= 11 is 0. The largest absolute Gasteiger partial charge is 0.353 e. The molecule has 1 aliphatic heterocycles. The van der Waals surface area contributed by atoms with Crippen LogP contribution >= 0.6 is 0 Å². The normalized spacial score (nSPS) is 23.3. The van der Waals surface area contributed by atoms with Crippen molar-refractivity contribution in [2.45, 2.75) is 38.3 Å². The van der Waals surface area contributed by atoms with Crippen molar-refractivity contribution in [2.24, 2.45) is 5.73 Å². The number of rotatable bonds is 3. The van der Waals surface area contributed by atoms with Crippen molar-refractivity contribution in [3.8, 4) is 0 Å². The van der Waals surface area contributed by atoms with Crippen molar-refractivity contribution >= 4 is 15.7 Å². The van der Waals surface area contributed by atoms with Crippen molar-refractivity contribution in [3.63, 3.8) is 0 Å². The molecular formula is C9H18N2O3S. The van der Waals surface area contributed by atoms with Crippen LogP contribution in [0, 0.1) is 0 Å². The summed E-state index contributed by atoms with van der Waals surface area (Å²) in [5.41, 5.74) is 5.48. The third-order valence-electron chi connectivity index (χ3n) is 2.43. The van der Waals surface area contributed by atoms with Crippen molar-refractivity contribution in [1.29, 1.82) is 0 Å². The monoisotopic (exact) mass is 234 g/mol. The average Bonchev–Trinajstić information content (AvgIpc) is 2.07. The summed E-state index contributed by atoms with van der Waals surface area (Å²) < 4.78 is 22.3. The van der Waals surface area contributed by atoms with Crippen LogP contribution in [0.3, 0.4) is 0 Å². The lowest BCUT2D eigenvalue weighted by Gasteiger charge is -2.23. The minimum absolute atomic E-state index is 0.000208. The molecule has 1 aliphatic rings. The number of sulfone groups is 1. The Morgan fingerprint density at radius 2 is 2.00 bits per heavy atom. The highest BCUT2D eigenvalue weighted by Crippen LogP contribution is 2.12. The van der Waals surface area contributed by atoms with Crippen molar-refractivity contribution < 1.29 is 13.2 Å². The third kappa shape index (κ3) is 4.61. The molecule has 0 bridgehead atoms. The lowest BCUT2D eigenvalue weighted by atomic mass is 10.1. The maximum Gasteiger partial charge on any atom is 0.221 e. The quantitative estimate of drug-likeness (QED) is 0.683. The van der Waals surface area contributed by atoms with Gasteiger partial charge < -0.3 is 11.1 Å². The molecule has 88 valence electrons. The number of carbonyl (C=O) groups is 1.